The first-order chi connectivity index (χ1) is 11.1. The number of amidine groups is 1. The van der Waals surface area contributed by atoms with Crippen LogP contribution in [0, 0.1) is 5.41 Å². The number of aromatic nitrogens is 1. The van der Waals surface area contributed by atoms with E-state index in [4.69, 9.17) is 22.6 Å². The molecule has 0 aliphatic carbocycles. The Balaban J connectivity index is 2.23. The van der Waals surface area contributed by atoms with Crippen molar-refractivity contribution in [1.82, 2.24) is 4.98 Å². The lowest BCUT2D eigenvalue weighted by Gasteiger charge is -2.13. The minimum absolute atomic E-state index is 0.0993. The fourth-order valence-corrected chi connectivity index (χ4v) is 2.45. The predicted octanol–water partition coefficient (Wildman–Crippen LogP) is 2.86. The summed E-state index contributed by atoms with van der Waals surface area (Å²) in [6, 6.07) is 18.7. The number of hydrogen-bond acceptors (Lipinski definition) is 4. The van der Waals surface area contributed by atoms with E-state index in [1.165, 1.54) is 0 Å². The standard InChI is InChI=1S/C18H17N5/c19-13-8-6-11(7-9-13)15-10-14(20)16(18(21)22)17(23-15)12-4-2-1-3-5-12/h1-10H,19H2,(H2,20,23)(H3,21,22). The van der Waals surface area contributed by atoms with E-state index in [1.54, 1.807) is 6.07 Å². The van der Waals surface area contributed by atoms with E-state index in [2.05, 4.69) is 4.98 Å². The zero-order valence-electron chi connectivity index (χ0n) is 12.5. The lowest BCUT2D eigenvalue weighted by Crippen LogP contribution is -2.16. The Bertz CT molecular complexity index is 855. The fourth-order valence-electron chi connectivity index (χ4n) is 2.45. The fraction of sp³-hybridized carbons (Fsp3) is 0. The van der Waals surface area contributed by atoms with Crippen LogP contribution in [0.3, 0.4) is 0 Å². The molecule has 2 aromatic carbocycles. The molecule has 3 aromatic rings. The van der Waals surface area contributed by atoms with Gasteiger partial charge in [-0.05, 0) is 18.2 Å². The highest BCUT2D eigenvalue weighted by molar-refractivity contribution is 6.05. The first-order valence-electron chi connectivity index (χ1n) is 7.12. The zero-order valence-corrected chi connectivity index (χ0v) is 12.5. The van der Waals surface area contributed by atoms with Crippen LogP contribution in [0.4, 0.5) is 11.4 Å². The quantitative estimate of drug-likeness (QED) is 0.338. The summed E-state index contributed by atoms with van der Waals surface area (Å²) in [6.45, 7) is 0. The highest BCUT2D eigenvalue weighted by Gasteiger charge is 2.15. The number of rotatable bonds is 3. The van der Waals surface area contributed by atoms with Gasteiger partial charge in [-0.3, -0.25) is 5.41 Å². The van der Waals surface area contributed by atoms with Crippen LogP contribution >= 0.6 is 0 Å². The maximum atomic E-state index is 7.81. The molecule has 0 fully saturated rings. The zero-order chi connectivity index (χ0) is 16.4. The third kappa shape index (κ3) is 2.85. The minimum atomic E-state index is -0.0993. The number of pyridine rings is 1. The van der Waals surface area contributed by atoms with E-state index in [0.717, 1.165) is 11.1 Å². The second kappa shape index (κ2) is 5.81. The van der Waals surface area contributed by atoms with Gasteiger partial charge in [-0.25, -0.2) is 4.98 Å². The summed E-state index contributed by atoms with van der Waals surface area (Å²) in [7, 11) is 0. The molecule has 3 rings (SSSR count). The number of hydrogen-bond donors (Lipinski definition) is 4. The van der Waals surface area contributed by atoms with Crippen molar-refractivity contribution >= 4 is 17.2 Å². The lowest BCUT2D eigenvalue weighted by atomic mass is 10.0. The second-order valence-corrected chi connectivity index (χ2v) is 5.22. The highest BCUT2D eigenvalue weighted by atomic mass is 14.8. The van der Waals surface area contributed by atoms with Gasteiger partial charge in [-0.1, -0.05) is 42.5 Å². The van der Waals surface area contributed by atoms with E-state index in [1.807, 2.05) is 54.6 Å². The average molecular weight is 303 g/mol. The molecule has 0 unspecified atom stereocenters. The van der Waals surface area contributed by atoms with Crippen LogP contribution in [0.2, 0.25) is 0 Å². The molecule has 0 radical (unpaired) electrons. The smallest absolute Gasteiger partial charge is 0.127 e. The van der Waals surface area contributed by atoms with Gasteiger partial charge in [0.25, 0.3) is 0 Å². The molecule has 0 spiro atoms. The Hall–Kier alpha value is -3.34. The molecule has 5 heteroatoms. The number of anilines is 2. The maximum absolute atomic E-state index is 7.81. The SMILES string of the molecule is N=C(N)c1c(N)cc(-c2ccc(N)cc2)nc1-c1ccccc1. The molecule has 0 saturated heterocycles. The Kier molecular flexibility index (Phi) is 3.68. The van der Waals surface area contributed by atoms with Gasteiger partial charge in [-0.2, -0.15) is 0 Å². The normalized spacial score (nSPS) is 10.4. The van der Waals surface area contributed by atoms with Gasteiger partial charge in [0.05, 0.1) is 17.0 Å². The number of nitrogens with zero attached hydrogens (tertiary/aromatic N) is 1. The van der Waals surface area contributed by atoms with Crippen molar-refractivity contribution in [2.45, 2.75) is 0 Å². The minimum Gasteiger partial charge on any atom is -0.399 e. The highest BCUT2D eigenvalue weighted by Crippen LogP contribution is 2.30. The van der Waals surface area contributed by atoms with Gasteiger partial charge in [0.15, 0.2) is 0 Å². The summed E-state index contributed by atoms with van der Waals surface area (Å²) < 4.78 is 0. The van der Waals surface area contributed by atoms with Gasteiger partial charge in [0.2, 0.25) is 0 Å². The van der Waals surface area contributed by atoms with Crippen LogP contribution in [-0.4, -0.2) is 10.8 Å². The third-order valence-electron chi connectivity index (χ3n) is 3.57. The number of nitrogens with two attached hydrogens (primary N) is 3. The Labute approximate surface area is 134 Å². The Morgan fingerprint density at radius 3 is 2.13 bits per heavy atom. The maximum Gasteiger partial charge on any atom is 0.127 e. The molecular formula is C18H17N5. The summed E-state index contributed by atoms with van der Waals surface area (Å²) >= 11 is 0. The van der Waals surface area contributed by atoms with Gasteiger partial charge in [0, 0.05) is 22.5 Å². The van der Waals surface area contributed by atoms with Crippen molar-refractivity contribution in [1.29, 1.82) is 5.41 Å². The van der Waals surface area contributed by atoms with Crippen LogP contribution in [0.15, 0.2) is 60.7 Å². The molecule has 5 nitrogen and oxygen atoms in total. The van der Waals surface area contributed by atoms with Crippen LogP contribution in [0.5, 0.6) is 0 Å². The molecule has 0 aliphatic heterocycles. The van der Waals surface area contributed by atoms with Crippen molar-refractivity contribution in [2.75, 3.05) is 11.5 Å². The van der Waals surface area contributed by atoms with Crippen LogP contribution in [-0.2, 0) is 0 Å². The molecule has 0 aliphatic rings. The molecule has 114 valence electrons. The molecule has 1 heterocycles. The lowest BCUT2D eigenvalue weighted by molar-refractivity contribution is 1.30. The largest absolute Gasteiger partial charge is 0.399 e. The summed E-state index contributed by atoms with van der Waals surface area (Å²) in [5.74, 6) is -0.0993. The van der Waals surface area contributed by atoms with Gasteiger partial charge in [-0.15, -0.1) is 0 Å². The Morgan fingerprint density at radius 1 is 0.870 bits per heavy atom. The molecular weight excluding hydrogens is 286 g/mol. The Morgan fingerprint density at radius 2 is 1.52 bits per heavy atom. The summed E-state index contributed by atoms with van der Waals surface area (Å²) in [5, 5.41) is 7.81. The van der Waals surface area contributed by atoms with E-state index >= 15 is 0 Å². The monoisotopic (exact) mass is 303 g/mol. The molecule has 0 bridgehead atoms. The van der Waals surface area contributed by atoms with Gasteiger partial charge in [0.1, 0.15) is 5.84 Å². The summed E-state index contributed by atoms with van der Waals surface area (Å²) in [4.78, 5) is 4.68. The molecule has 0 saturated carbocycles. The van der Waals surface area contributed by atoms with Crippen LogP contribution < -0.4 is 17.2 Å². The predicted molar refractivity (Wildman–Crippen MR) is 94.9 cm³/mol. The summed E-state index contributed by atoms with van der Waals surface area (Å²) in [5.41, 5.74) is 22.2. The van der Waals surface area contributed by atoms with E-state index in [9.17, 15) is 0 Å². The molecule has 1 aromatic heterocycles. The van der Waals surface area contributed by atoms with Crippen LogP contribution in [0.1, 0.15) is 5.56 Å². The molecule has 0 atom stereocenters. The second-order valence-electron chi connectivity index (χ2n) is 5.22. The molecule has 0 amide bonds. The van der Waals surface area contributed by atoms with Crippen molar-refractivity contribution < 1.29 is 0 Å². The third-order valence-corrected chi connectivity index (χ3v) is 3.57. The van der Waals surface area contributed by atoms with E-state index in [-0.39, 0.29) is 5.84 Å². The molecule has 23 heavy (non-hydrogen) atoms. The first kappa shape index (κ1) is 14.6. The van der Waals surface area contributed by atoms with Crippen molar-refractivity contribution in [3.63, 3.8) is 0 Å². The van der Waals surface area contributed by atoms with E-state index < -0.39 is 0 Å². The number of nitrogens with one attached hydrogen (secondary N) is 1. The van der Waals surface area contributed by atoms with Crippen molar-refractivity contribution in [2.24, 2.45) is 5.73 Å². The number of nitrogen functional groups attached to an aromatic ring is 3. The topological polar surface area (TPSA) is 115 Å². The van der Waals surface area contributed by atoms with Gasteiger partial charge >= 0.3 is 0 Å². The van der Waals surface area contributed by atoms with Crippen molar-refractivity contribution in [3.05, 3.63) is 66.2 Å². The average Bonchev–Trinajstić information content (AvgIpc) is 2.55. The van der Waals surface area contributed by atoms with Crippen LogP contribution in [0.25, 0.3) is 22.5 Å². The number of benzene rings is 2. The molecule has 7 N–H and O–H groups in total. The first-order valence-corrected chi connectivity index (χ1v) is 7.12. The van der Waals surface area contributed by atoms with E-state index in [0.29, 0.717) is 28.3 Å². The summed E-state index contributed by atoms with van der Waals surface area (Å²) in [6.07, 6.45) is 0. The van der Waals surface area contributed by atoms with Gasteiger partial charge < -0.3 is 17.2 Å². The van der Waals surface area contributed by atoms with Crippen molar-refractivity contribution in [3.8, 4) is 22.5 Å².